The van der Waals surface area contributed by atoms with Crippen LogP contribution in [0.15, 0.2) is 62.8 Å². The van der Waals surface area contributed by atoms with E-state index >= 15 is 4.39 Å². The third-order valence-corrected chi connectivity index (χ3v) is 5.68. The molecule has 0 unspecified atom stereocenters. The maximum Gasteiger partial charge on any atom is 0.295 e. The summed E-state index contributed by atoms with van der Waals surface area (Å²) >= 11 is 0. The van der Waals surface area contributed by atoms with Crippen LogP contribution in [-0.2, 0) is 15.4 Å². The molecule has 0 amide bonds. The summed E-state index contributed by atoms with van der Waals surface area (Å²) in [5.41, 5.74) is 5.44. The fourth-order valence-corrected chi connectivity index (χ4v) is 3.89. The van der Waals surface area contributed by atoms with Crippen LogP contribution < -0.4 is 10.5 Å². The van der Waals surface area contributed by atoms with Crippen LogP contribution in [0.25, 0.3) is 22.7 Å². The standard InChI is InChI=1S/C21H20FN5O4S/c1-21(2,3)19-26-17(18(31-19)14-9-10-24-20(23)25-14)12-6-4-7-13(16(12)22)27-32(28,29)15-8-5-11-30-15/h4-11,27H,1-3H3,(H2,23,24,25). The number of sulfonamides is 1. The lowest BCUT2D eigenvalue weighted by atomic mass is 9.97. The maximum atomic E-state index is 15.5. The number of benzene rings is 1. The Balaban J connectivity index is 1.85. The van der Waals surface area contributed by atoms with Crippen LogP contribution in [0.3, 0.4) is 0 Å². The number of furan rings is 1. The third-order valence-electron chi connectivity index (χ3n) is 4.43. The van der Waals surface area contributed by atoms with Gasteiger partial charge in [0.2, 0.25) is 16.9 Å². The predicted molar refractivity (Wildman–Crippen MR) is 116 cm³/mol. The fourth-order valence-electron chi connectivity index (χ4n) is 2.90. The molecule has 9 nitrogen and oxygen atoms in total. The second-order valence-corrected chi connectivity index (χ2v) is 9.56. The van der Waals surface area contributed by atoms with E-state index in [1.165, 1.54) is 42.8 Å². The summed E-state index contributed by atoms with van der Waals surface area (Å²) in [6, 6.07) is 8.51. The molecule has 0 atom stereocenters. The Morgan fingerprint density at radius 2 is 1.88 bits per heavy atom. The number of nitrogen functional groups attached to an aromatic ring is 1. The van der Waals surface area contributed by atoms with Crippen molar-refractivity contribution in [2.45, 2.75) is 31.3 Å². The third kappa shape index (κ3) is 4.06. The molecule has 0 aliphatic rings. The van der Waals surface area contributed by atoms with E-state index in [0.717, 1.165) is 0 Å². The lowest BCUT2D eigenvalue weighted by molar-refractivity contribution is 0.398. The van der Waals surface area contributed by atoms with Gasteiger partial charge in [0.05, 0.1) is 12.0 Å². The molecular formula is C21H20FN5O4S. The molecule has 0 radical (unpaired) electrons. The Morgan fingerprint density at radius 1 is 1.09 bits per heavy atom. The van der Waals surface area contributed by atoms with Gasteiger partial charge >= 0.3 is 0 Å². The van der Waals surface area contributed by atoms with E-state index in [4.69, 9.17) is 14.6 Å². The lowest BCUT2D eigenvalue weighted by Crippen LogP contribution is -2.13. The van der Waals surface area contributed by atoms with E-state index in [1.807, 2.05) is 20.8 Å². The highest BCUT2D eigenvalue weighted by molar-refractivity contribution is 7.92. The van der Waals surface area contributed by atoms with Crippen LogP contribution in [0.5, 0.6) is 0 Å². The quantitative estimate of drug-likeness (QED) is 0.455. The maximum absolute atomic E-state index is 15.5. The second-order valence-electron chi connectivity index (χ2n) is 7.95. The van der Waals surface area contributed by atoms with E-state index in [1.54, 1.807) is 6.07 Å². The Hall–Kier alpha value is -3.73. The van der Waals surface area contributed by atoms with Gasteiger partial charge in [-0.25, -0.2) is 19.3 Å². The van der Waals surface area contributed by atoms with Crippen LogP contribution in [0, 0.1) is 5.82 Å². The molecule has 0 fully saturated rings. The number of anilines is 2. The summed E-state index contributed by atoms with van der Waals surface area (Å²) in [5.74, 6) is -0.281. The molecule has 11 heteroatoms. The summed E-state index contributed by atoms with van der Waals surface area (Å²) in [6.07, 6.45) is 2.66. The molecule has 0 spiro atoms. The normalized spacial score (nSPS) is 12.1. The van der Waals surface area contributed by atoms with Crippen LogP contribution >= 0.6 is 0 Å². The van der Waals surface area contributed by atoms with Crippen LogP contribution in [0.2, 0.25) is 0 Å². The summed E-state index contributed by atoms with van der Waals surface area (Å²) < 4.78 is 53.6. The first-order valence-corrected chi connectivity index (χ1v) is 11.0. The SMILES string of the molecule is CC(C)(C)c1nc(-c2cccc(NS(=O)(=O)c3ccco3)c2F)c(-c2ccnc(N)n2)o1. The number of nitrogens with one attached hydrogen (secondary N) is 1. The topological polar surface area (TPSA) is 137 Å². The molecule has 0 aliphatic heterocycles. The highest BCUT2D eigenvalue weighted by atomic mass is 32.2. The van der Waals surface area contributed by atoms with Gasteiger partial charge in [-0.3, -0.25) is 4.72 Å². The van der Waals surface area contributed by atoms with Crippen LogP contribution in [0.4, 0.5) is 16.0 Å². The van der Waals surface area contributed by atoms with Crippen molar-refractivity contribution in [2.75, 3.05) is 10.5 Å². The Labute approximate surface area is 183 Å². The number of hydrogen-bond acceptors (Lipinski definition) is 8. The highest BCUT2D eigenvalue weighted by Gasteiger charge is 2.28. The molecule has 4 rings (SSSR count). The zero-order chi connectivity index (χ0) is 23.1. The molecule has 3 heterocycles. The molecule has 0 bridgehead atoms. The Bertz CT molecular complexity index is 1380. The molecule has 4 aromatic rings. The van der Waals surface area contributed by atoms with Gasteiger partial charge in [0.25, 0.3) is 10.0 Å². The van der Waals surface area contributed by atoms with E-state index in [0.29, 0.717) is 11.6 Å². The highest BCUT2D eigenvalue weighted by Crippen LogP contribution is 2.38. The summed E-state index contributed by atoms with van der Waals surface area (Å²) in [7, 11) is -4.12. The molecule has 0 saturated carbocycles. The number of hydrogen-bond donors (Lipinski definition) is 2. The van der Waals surface area contributed by atoms with Crippen molar-refractivity contribution < 1.29 is 21.6 Å². The largest absolute Gasteiger partial charge is 0.451 e. The van der Waals surface area contributed by atoms with E-state index in [9.17, 15) is 8.42 Å². The summed E-state index contributed by atoms with van der Waals surface area (Å²) in [5, 5.41) is -0.337. The van der Waals surface area contributed by atoms with Crippen molar-refractivity contribution in [2.24, 2.45) is 0 Å². The molecule has 0 saturated heterocycles. The number of oxazole rings is 1. The predicted octanol–water partition coefficient (Wildman–Crippen LogP) is 4.21. The average molecular weight is 457 g/mol. The van der Waals surface area contributed by atoms with E-state index < -0.39 is 21.3 Å². The first-order chi connectivity index (χ1) is 15.1. The van der Waals surface area contributed by atoms with Gasteiger partial charge < -0.3 is 14.6 Å². The van der Waals surface area contributed by atoms with Gasteiger partial charge in [-0.15, -0.1) is 0 Å². The fraction of sp³-hybridized carbons (Fsp3) is 0.190. The van der Waals surface area contributed by atoms with Gasteiger partial charge in [0, 0.05) is 17.2 Å². The number of halogens is 1. The van der Waals surface area contributed by atoms with Crippen LogP contribution in [0.1, 0.15) is 26.7 Å². The van der Waals surface area contributed by atoms with Crippen LogP contribution in [-0.4, -0.2) is 23.4 Å². The van der Waals surface area contributed by atoms with Crippen molar-refractivity contribution in [3.63, 3.8) is 0 Å². The average Bonchev–Trinajstić information content (AvgIpc) is 3.40. The minimum atomic E-state index is -4.12. The minimum absolute atomic E-state index is 0.0163. The van der Waals surface area contributed by atoms with Gasteiger partial charge in [0.15, 0.2) is 11.6 Å². The Kier molecular flexibility index (Phi) is 5.21. The smallest absolute Gasteiger partial charge is 0.295 e. The number of nitrogens with zero attached hydrogens (tertiary/aromatic N) is 3. The van der Waals surface area contributed by atoms with Crippen molar-refractivity contribution >= 4 is 21.7 Å². The van der Waals surface area contributed by atoms with Crippen molar-refractivity contribution in [1.82, 2.24) is 15.0 Å². The monoisotopic (exact) mass is 457 g/mol. The lowest BCUT2D eigenvalue weighted by Gasteiger charge is -2.12. The van der Waals surface area contributed by atoms with Crippen molar-refractivity contribution in [3.05, 3.63) is 60.6 Å². The van der Waals surface area contributed by atoms with Gasteiger partial charge in [-0.05, 0) is 30.3 Å². The molecular weight excluding hydrogens is 437 g/mol. The summed E-state index contributed by atoms with van der Waals surface area (Å²) in [6.45, 7) is 5.68. The Morgan fingerprint density at radius 3 is 2.53 bits per heavy atom. The number of aromatic nitrogens is 3. The van der Waals surface area contributed by atoms with Gasteiger partial charge in [-0.2, -0.15) is 8.42 Å². The molecule has 0 aliphatic carbocycles. The zero-order valence-electron chi connectivity index (χ0n) is 17.5. The molecule has 32 heavy (non-hydrogen) atoms. The second kappa shape index (κ2) is 7.75. The molecule has 166 valence electrons. The first-order valence-electron chi connectivity index (χ1n) is 9.51. The zero-order valence-corrected chi connectivity index (χ0v) is 18.3. The van der Waals surface area contributed by atoms with Gasteiger partial charge in [-0.1, -0.05) is 26.8 Å². The minimum Gasteiger partial charge on any atom is -0.451 e. The van der Waals surface area contributed by atoms with Crippen molar-refractivity contribution in [3.8, 4) is 22.7 Å². The number of rotatable bonds is 5. The number of nitrogens with two attached hydrogens (primary N) is 1. The van der Waals surface area contributed by atoms with E-state index in [2.05, 4.69) is 19.7 Å². The molecule has 3 N–H and O–H groups in total. The van der Waals surface area contributed by atoms with E-state index in [-0.39, 0.29) is 33.7 Å². The van der Waals surface area contributed by atoms with Gasteiger partial charge in [0.1, 0.15) is 11.4 Å². The molecule has 3 aromatic heterocycles. The first kappa shape index (κ1) is 21.5. The molecule has 1 aromatic carbocycles. The van der Waals surface area contributed by atoms with Crippen molar-refractivity contribution in [1.29, 1.82) is 0 Å². The summed E-state index contributed by atoms with van der Waals surface area (Å²) in [4.78, 5) is 12.5.